The molecule has 1 saturated carbocycles. The Morgan fingerprint density at radius 1 is 1.00 bits per heavy atom. The number of alkyl halides is 3. The summed E-state index contributed by atoms with van der Waals surface area (Å²) in [6, 6.07) is 14.4. The van der Waals surface area contributed by atoms with Crippen molar-refractivity contribution in [3.8, 4) is 11.5 Å². The Morgan fingerprint density at radius 3 is 2.28 bits per heavy atom. The summed E-state index contributed by atoms with van der Waals surface area (Å²) in [6.07, 6.45) is -2.48. The number of ether oxygens (including phenoxy) is 2. The van der Waals surface area contributed by atoms with E-state index in [0.29, 0.717) is 24.2 Å². The average Bonchev–Trinajstić information content (AvgIpc) is 3.69. The maximum atomic E-state index is 13.3. The second-order valence-corrected chi connectivity index (χ2v) is 9.16. The minimum atomic E-state index is -4.86. The second-order valence-electron chi connectivity index (χ2n) is 9.16. The highest BCUT2D eigenvalue weighted by molar-refractivity contribution is 6.24. The third kappa shape index (κ3) is 5.35. The van der Waals surface area contributed by atoms with E-state index in [1.807, 2.05) is 12.1 Å². The van der Waals surface area contributed by atoms with Crippen molar-refractivity contribution in [3.63, 3.8) is 0 Å². The van der Waals surface area contributed by atoms with Crippen LogP contribution in [0.5, 0.6) is 11.5 Å². The predicted molar refractivity (Wildman–Crippen MR) is 132 cm³/mol. The molecular formula is C27H23F3N4O5. The van der Waals surface area contributed by atoms with Crippen LogP contribution >= 0.6 is 0 Å². The van der Waals surface area contributed by atoms with Crippen molar-refractivity contribution in [2.24, 2.45) is 0 Å². The highest BCUT2D eigenvalue weighted by Crippen LogP contribution is 2.49. The highest BCUT2D eigenvalue weighted by atomic mass is 19.4. The van der Waals surface area contributed by atoms with E-state index in [1.165, 1.54) is 23.2 Å². The molecule has 4 amide bonds. The molecule has 0 unspecified atom stereocenters. The van der Waals surface area contributed by atoms with Crippen LogP contribution in [0.15, 0.2) is 66.9 Å². The zero-order chi connectivity index (χ0) is 27.8. The molecule has 1 spiro atoms. The molecule has 1 saturated heterocycles. The smallest absolute Gasteiger partial charge is 0.497 e. The van der Waals surface area contributed by atoms with Gasteiger partial charge < -0.3 is 19.7 Å². The number of hydrogen-bond donors (Lipinski definition) is 1. The van der Waals surface area contributed by atoms with Gasteiger partial charge in [-0.3, -0.25) is 14.6 Å². The van der Waals surface area contributed by atoms with Crippen LogP contribution in [0.1, 0.15) is 34.5 Å². The van der Waals surface area contributed by atoms with Gasteiger partial charge in [0, 0.05) is 19.3 Å². The first-order valence-corrected chi connectivity index (χ1v) is 12.0. The molecule has 1 aliphatic heterocycles. The molecule has 1 aliphatic carbocycles. The Morgan fingerprint density at radius 2 is 1.67 bits per heavy atom. The first kappa shape index (κ1) is 26.0. The zero-order valence-electron chi connectivity index (χ0n) is 20.7. The maximum absolute atomic E-state index is 13.3. The first-order valence-electron chi connectivity index (χ1n) is 12.0. The Bertz CT molecular complexity index is 1410. The van der Waals surface area contributed by atoms with Crippen LogP contribution in [-0.4, -0.2) is 46.7 Å². The van der Waals surface area contributed by atoms with Crippen molar-refractivity contribution >= 4 is 23.5 Å². The normalized spacial score (nSPS) is 16.0. The fourth-order valence-corrected chi connectivity index (χ4v) is 4.46. The van der Waals surface area contributed by atoms with Crippen molar-refractivity contribution in [2.75, 3.05) is 12.0 Å². The molecule has 39 heavy (non-hydrogen) atoms. The molecule has 2 aliphatic rings. The van der Waals surface area contributed by atoms with Crippen LogP contribution in [0.3, 0.4) is 0 Å². The van der Waals surface area contributed by atoms with E-state index in [2.05, 4.69) is 15.0 Å². The first-order chi connectivity index (χ1) is 18.6. The summed E-state index contributed by atoms with van der Waals surface area (Å²) in [6.45, 7) is 0.330. The minimum absolute atomic E-state index is 0.0532. The summed E-state index contributed by atoms with van der Waals surface area (Å²) >= 11 is 0. The van der Waals surface area contributed by atoms with Crippen LogP contribution in [0.4, 0.5) is 23.7 Å². The molecular weight excluding hydrogens is 517 g/mol. The summed E-state index contributed by atoms with van der Waals surface area (Å²) in [7, 11) is 1.57. The summed E-state index contributed by atoms with van der Waals surface area (Å²) in [5, 5.41) is 2.80. The fraction of sp³-hybridized carbons (Fsp3) is 0.259. The molecule has 12 heteroatoms. The van der Waals surface area contributed by atoms with Crippen LogP contribution < -0.4 is 19.7 Å². The number of urea groups is 1. The molecule has 0 bridgehead atoms. The van der Waals surface area contributed by atoms with Gasteiger partial charge in [-0.15, -0.1) is 13.2 Å². The van der Waals surface area contributed by atoms with Gasteiger partial charge in [-0.05, 0) is 72.5 Å². The summed E-state index contributed by atoms with van der Waals surface area (Å²) < 4.78 is 46.4. The fourth-order valence-electron chi connectivity index (χ4n) is 4.46. The highest BCUT2D eigenvalue weighted by Gasteiger charge is 2.65. The molecule has 2 aromatic carbocycles. The molecule has 9 nitrogen and oxygen atoms in total. The largest absolute Gasteiger partial charge is 0.573 e. The van der Waals surface area contributed by atoms with E-state index < -0.39 is 35.5 Å². The number of hydrogen-bond acceptors (Lipinski definition) is 6. The number of rotatable bonds is 8. The summed E-state index contributed by atoms with van der Waals surface area (Å²) in [5.74, 6) is -0.601. The number of carbonyl (C=O) groups excluding carboxylic acids is 3. The number of nitrogens with one attached hydrogen (secondary N) is 1. The number of anilines is 1. The lowest BCUT2D eigenvalue weighted by molar-refractivity contribution is -0.274. The van der Waals surface area contributed by atoms with Gasteiger partial charge in [0.25, 0.3) is 11.8 Å². The van der Waals surface area contributed by atoms with Gasteiger partial charge in [-0.25, -0.2) is 9.69 Å². The van der Waals surface area contributed by atoms with E-state index in [4.69, 9.17) is 4.74 Å². The minimum Gasteiger partial charge on any atom is -0.497 e. The van der Waals surface area contributed by atoms with E-state index >= 15 is 0 Å². The lowest BCUT2D eigenvalue weighted by Crippen LogP contribution is -2.36. The van der Waals surface area contributed by atoms with E-state index in [1.54, 1.807) is 31.4 Å². The number of nitrogens with zero attached hydrogens (tertiary/aromatic N) is 3. The Kier molecular flexibility index (Phi) is 6.62. The molecule has 3 aromatic rings. The van der Waals surface area contributed by atoms with E-state index in [-0.39, 0.29) is 24.5 Å². The monoisotopic (exact) mass is 540 g/mol. The number of pyridine rings is 1. The van der Waals surface area contributed by atoms with E-state index in [0.717, 1.165) is 22.6 Å². The van der Waals surface area contributed by atoms with Crippen molar-refractivity contribution in [2.45, 2.75) is 37.8 Å². The second kappa shape index (κ2) is 9.93. The zero-order valence-corrected chi connectivity index (χ0v) is 20.7. The molecule has 0 radical (unpaired) electrons. The Balaban J connectivity index is 1.28. The average molecular weight is 540 g/mol. The molecule has 5 rings (SSSR count). The van der Waals surface area contributed by atoms with Crippen molar-refractivity contribution in [3.05, 3.63) is 83.7 Å². The van der Waals surface area contributed by atoms with Crippen LogP contribution in [0.2, 0.25) is 0 Å². The summed E-state index contributed by atoms with van der Waals surface area (Å²) in [4.78, 5) is 45.8. The van der Waals surface area contributed by atoms with Gasteiger partial charge in [0.2, 0.25) is 0 Å². The summed E-state index contributed by atoms with van der Waals surface area (Å²) in [5.41, 5.74) is 0.749. The number of amides is 4. The van der Waals surface area contributed by atoms with Crippen LogP contribution in [0, 0.1) is 0 Å². The molecule has 2 heterocycles. The Labute approximate surface area is 221 Å². The maximum Gasteiger partial charge on any atom is 0.573 e. The number of aromatic nitrogens is 1. The molecule has 2 fully saturated rings. The van der Waals surface area contributed by atoms with Gasteiger partial charge >= 0.3 is 12.4 Å². The van der Waals surface area contributed by atoms with E-state index in [9.17, 15) is 27.6 Å². The van der Waals surface area contributed by atoms with Gasteiger partial charge in [0.15, 0.2) is 0 Å². The van der Waals surface area contributed by atoms with Crippen LogP contribution in [0.25, 0.3) is 0 Å². The van der Waals surface area contributed by atoms with Gasteiger partial charge in [0.1, 0.15) is 22.7 Å². The standard InChI is InChI=1S/C27H23F3N4O5/c1-38-20-6-2-17(3-7-20)15-32-23(35)22-14-18(10-13-31-22)16-33-25(37)34(24(36)26(33)11-12-26)19-4-8-21(9-5-19)39-27(28,29)30/h2-10,13-14H,11-12,15-16H2,1H3,(H,32,35). The lowest BCUT2D eigenvalue weighted by Gasteiger charge is -2.21. The van der Waals surface area contributed by atoms with Crippen molar-refractivity contribution in [1.29, 1.82) is 0 Å². The topological polar surface area (TPSA) is 101 Å². The van der Waals surface area contributed by atoms with Gasteiger partial charge in [-0.1, -0.05) is 12.1 Å². The van der Waals surface area contributed by atoms with Gasteiger partial charge in [-0.2, -0.15) is 0 Å². The number of methoxy groups -OCH3 is 1. The predicted octanol–water partition coefficient (Wildman–Crippen LogP) is 4.42. The number of halogens is 3. The SMILES string of the molecule is COc1ccc(CNC(=O)c2cc(CN3C(=O)N(c4ccc(OC(F)(F)F)cc4)C(=O)C34CC4)ccn2)cc1. The molecule has 1 aromatic heterocycles. The van der Waals surface area contributed by atoms with Crippen molar-refractivity contribution in [1.82, 2.24) is 15.2 Å². The van der Waals surface area contributed by atoms with Gasteiger partial charge in [0.05, 0.1) is 12.8 Å². The number of benzene rings is 2. The quantitative estimate of drug-likeness (QED) is 0.425. The third-order valence-electron chi connectivity index (χ3n) is 6.60. The Hall–Kier alpha value is -4.61. The lowest BCUT2D eigenvalue weighted by atomic mass is 10.1. The third-order valence-corrected chi connectivity index (χ3v) is 6.60. The number of carbonyl (C=O) groups is 3. The molecule has 202 valence electrons. The number of imide groups is 1. The molecule has 0 atom stereocenters. The van der Waals surface area contributed by atoms with Crippen LogP contribution in [-0.2, 0) is 17.9 Å². The van der Waals surface area contributed by atoms with Crippen molar-refractivity contribution < 1.29 is 37.0 Å². The molecule has 1 N–H and O–H groups in total.